The largest absolute Gasteiger partial charge is 0.417 e. The molecule has 1 N–H and O–H groups in total. The van der Waals surface area contributed by atoms with Gasteiger partial charge in [-0.3, -0.25) is 0 Å². The third kappa shape index (κ3) is 4.68. The van der Waals surface area contributed by atoms with Crippen LogP contribution in [-0.4, -0.2) is 0 Å². The van der Waals surface area contributed by atoms with Gasteiger partial charge in [0.2, 0.25) is 0 Å². The SMILES string of the molecule is C[C@@H](NCc1ccc(C(F)(F)F)c(-c2ccc(CF)cc2)c1)c1cccc2ccccc12. The molecule has 0 radical (unpaired) electrons. The third-order valence-corrected chi connectivity index (χ3v) is 5.71. The van der Waals surface area contributed by atoms with E-state index in [4.69, 9.17) is 0 Å². The molecule has 0 unspecified atom stereocenters. The van der Waals surface area contributed by atoms with Crippen molar-refractivity contribution in [2.24, 2.45) is 0 Å². The lowest BCUT2D eigenvalue weighted by Gasteiger charge is -2.18. The predicted molar refractivity (Wildman–Crippen MR) is 121 cm³/mol. The molecule has 5 heteroatoms. The van der Waals surface area contributed by atoms with E-state index >= 15 is 0 Å². The Kier molecular flexibility index (Phi) is 6.28. The van der Waals surface area contributed by atoms with Crippen molar-refractivity contribution < 1.29 is 17.6 Å². The zero-order valence-electron chi connectivity index (χ0n) is 17.6. The van der Waals surface area contributed by atoms with Crippen molar-refractivity contribution in [1.29, 1.82) is 0 Å². The van der Waals surface area contributed by atoms with Gasteiger partial charge in [-0.1, -0.05) is 72.8 Å². The lowest BCUT2D eigenvalue weighted by molar-refractivity contribution is -0.137. The summed E-state index contributed by atoms with van der Waals surface area (Å²) in [5.41, 5.74) is 2.13. The minimum atomic E-state index is -4.48. The zero-order chi connectivity index (χ0) is 22.7. The molecule has 164 valence electrons. The van der Waals surface area contributed by atoms with E-state index in [0.717, 1.165) is 28.0 Å². The molecule has 1 nitrogen and oxygen atoms in total. The highest BCUT2D eigenvalue weighted by Crippen LogP contribution is 2.38. The Labute approximate surface area is 184 Å². The molecule has 32 heavy (non-hydrogen) atoms. The van der Waals surface area contributed by atoms with Crippen LogP contribution in [0, 0.1) is 0 Å². The lowest BCUT2D eigenvalue weighted by Crippen LogP contribution is -2.18. The Hall–Kier alpha value is -3.18. The minimum Gasteiger partial charge on any atom is -0.306 e. The Morgan fingerprint density at radius 1 is 0.812 bits per heavy atom. The molecule has 0 heterocycles. The van der Waals surface area contributed by atoms with Gasteiger partial charge >= 0.3 is 6.18 Å². The van der Waals surface area contributed by atoms with Crippen LogP contribution in [0.2, 0.25) is 0 Å². The third-order valence-electron chi connectivity index (χ3n) is 5.71. The van der Waals surface area contributed by atoms with Gasteiger partial charge in [0.05, 0.1) is 5.56 Å². The Bertz CT molecular complexity index is 1210. The van der Waals surface area contributed by atoms with Crippen molar-refractivity contribution in [1.82, 2.24) is 5.32 Å². The molecule has 0 aliphatic heterocycles. The first-order chi connectivity index (χ1) is 15.4. The molecule has 0 aliphatic carbocycles. The molecule has 0 saturated carbocycles. The van der Waals surface area contributed by atoms with Crippen LogP contribution >= 0.6 is 0 Å². The number of nitrogens with one attached hydrogen (secondary N) is 1. The minimum absolute atomic E-state index is 0.00989. The number of halogens is 4. The Morgan fingerprint density at radius 2 is 1.50 bits per heavy atom. The first-order valence-corrected chi connectivity index (χ1v) is 10.4. The molecule has 0 aromatic heterocycles. The summed E-state index contributed by atoms with van der Waals surface area (Å²) in [6, 6.07) is 24.6. The fourth-order valence-corrected chi connectivity index (χ4v) is 3.97. The van der Waals surface area contributed by atoms with Crippen molar-refractivity contribution in [3.8, 4) is 11.1 Å². The van der Waals surface area contributed by atoms with Crippen molar-refractivity contribution in [2.45, 2.75) is 32.4 Å². The van der Waals surface area contributed by atoms with Crippen LogP contribution in [-0.2, 0) is 19.4 Å². The normalized spacial score (nSPS) is 12.8. The van der Waals surface area contributed by atoms with Crippen LogP contribution in [0.4, 0.5) is 17.6 Å². The first kappa shape index (κ1) is 22.0. The van der Waals surface area contributed by atoms with E-state index in [0.29, 0.717) is 17.7 Å². The van der Waals surface area contributed by atoms with E-state index in [9.17, 15) is 17.6 Å². The van der Waals surface area contributed by atoms with Gasteiger partial charge < -0.3 is 5.32 Å². The number of fused-ring (bicyclic) bond motifs is 1. The molecular formula is C27H23F4N. The smallest absolute Gasteiger partial charge is 0.306 e. The number of benzene rings is 4. The van der Waals surface area contributed by atoms with Crippen LogP contribution in [0.3, 0.4) is 0 Å². The number of rotatable bonds is 6. The molecule has 1 atom stereocenters. The van der Waals surface area contributed by atoms with E-state index in [1.807, 2.05) is 25.1 Å². The predicted octanol–water partition coefficient (Wildman–Crippen LogP) is 7.85. The van der Waals surface area contributed by atoms with E-state index < -0.39 is 18.4 Å². The Morgan fingerprint density at radius 3 is 2.22 bits per heavy atom. The van der Waals surface area contributed by atoms with Gasteiger partial charge in [0.1, 0.15) is 6.67 Å². The number of alkyl halides is 4. The molecule has 4 rings (SSSR count). The average molecular weight is 437 g/mol. The van der Waals surface area contributed by atoms with E-state index in [-0.39, 0.29) is 11.6 Å². The van der Waals surface area contributed by atoms with Crippen LogP contribution in [0.25, 0.3) is 21.9 Å². The van der Waals surface area contributed by atoms with Gasteiger partial charge in [-0.05, 0) is 57.6 Å². The molecular weight excluding hydrogens is 414 g/mol. The molecule has 0 bridgehead atoms. The van der Waals surface area contributed by atoms with E-state index in [1.54, 1.807) is 6.07 Å². The van der Waals surface area contributed by atoms with Gasteiger partial charge in [-0.2, -0.15) is 13.2 Å². The fraction of sp³-hybridized carbons (Fsp3) is 0.185. The molecule has 0 fully saturated rings. The maximum atomic E-state index is 13.6. The highest BCUT2D eigenvalue weighted by Gasteiger charge is 2.33. The summed E-state index contributed by atoms with van der Waals surface area (Å²) < 4.78 is 53.7. The molecule has 0 aliphatic rings. The van der Waals surface area contributed by atoms with Gasteiger partial charge in [0.15, 0.2) is 0 Å². The summed E-state index contributed by atoms with van der Waals surface area (Å²) in [5, 5.41) is 5.73. The second-order valence-corrected chi connectivity index (χ2v) is 7.88. The van der Waals surface area contributed by atoms with Gasteiger partial charge in [-0.15, -0.1) is 0 Å². The van der Waals surface area contributed by atoms with Crippen LogP contribution in [0.1, 0.15) is 35.2 Å². The second-order valence-electron chi connectivity index (χ2n) is 7.88. The number of hydrogen-bond acceptors (Lipinski definition) is 1. The summed E-state index contributed by atoms with van der Waals surface area (Å²) >= 11 is 0. The maximum Gasteiger partial charge on any atom is 0.417 e. The quantitative estimate of drug-likeness (QED) is 0.303. The lowest BCUT2D eigenvalue weighted by atomic mass is 9.95. The highest BCUT2D eigenvalue weighted by atomic mass is 19.4. The van der Waals surface area contributed by atoms with E-state index in [2.05, 4.69) is 29.6 Å². The summed E-state index contributed by atoms with van der Waals surface area (Å²) in [5.74, 6) is 0. The van der Waals surface area contributed by atoms with Crippen molar-refractivity contribution >= 4 is 10.8 Å². The van der Waals surface area contributed by atoms with Gasteiger partial charge in [0, 0.05) is 12.6 Å². The van der Waals surface area contributed by atoms with Crippen molar-refractivity contribution in [2.75, 3.05) is 0 Å². The monoisotopic (exact) mass is 437 g/mol. The van der Waals surface area contributed by atoms with E-state index in [1.165, 1.54) is 30.3 Å². The van der Waals surface area contributed by atoms with Gasteiger partial charge in [0.25, 0.3) is 0 Å². The van der Waals surface area contributed by atoms with Crippen molar-refractivity contribution in [3.63, 3.8) is 0 Å². The number of hydrogen-bond donors (Lipinski definition) is 1. The zero-order valence-corrected chi connectivity index (χ0v) is 17.6. The second kappa shape index (κ2) is 9.13. The maximum absolute atomic E-state index is 13.6. The average Bonchev–Trinajstić information content (AvgIpc) is 2.81. The van der Waals surface area contributed by atoms with Crippen LogP contribution < -0.4 is 5.32 Å². The Balaban J connectivity index is 1.61. The summed E-state index contributed by atoms with van der Waals surface area (Å²) in [6.45, 7) is 1.81. The summed E-state index contributed by atoms with van der Waals surface area (Å²) in [7, 11) is 0. The van der Waals surface area contributed by atoms with Crippen molar-refractivity contribution in [3.05, 3.63) is 107 Å². The molecule has 0 saturated heterocycles. The molecule has 0 amide bonds. The molecule has 4 aromatic rings. The fourth-order valence-electron chi connectivity index (χ4n) is 3.97. The summed E-state index contributed by atoms with van der Waals surface area (Å²) in [4.78, 5) is 0. The molecule has 0 spiro atoms. The first-order valence-electron chi connectivity index (χ1n) is 10.4. The molecule has 4 aromatic carbocycles. The van der Waals surface area contributed by atoms with Crippen LogP contribution in [0.15, 0.2) is 84.9 Å². The van der Waals surface area contributed by atoms with Gasteiger partial charge in [-0.25, -0.2) is 4.39 Å². The summed E-state index contributed by atoms with van der Waals surface area (Å²) in [6.07, 6.45) is -4.48. The van der Waals surface area contributed by atoms with Crippen LogP contribution in [0.5, 0.6) is 0 Å². The highest BCUT2D eigenvalue weighted by molar-refractivity contribution is 5.86. The topological polar surface area (TPSA) is 12.0 Å². The standard InChI is InChI=1S/C27H23F4N/c1-18(23-8-4-6-21-5-2-3-7-24(21)23)32-17-20-11-14-26(27(29,30)31)25(15-20)22-12-9-19(16-28)10-13-22/h2-15,18,32H,16-17H2,1H3/t18-/m1/s1.